The Morgan fingerprint density at radius 3 is 2.58 bits per heavy atom. The van der Waals surface area contributed by atoms with Gasteiger partial charge >= 0.3 is 6.09 Å². The molecule has 0 radical (unpaired) electrons. The van der Waals surface area contributed by atoms with Crippen molar-refractivity contribution in [3.8, 4) is 22.6 Å². The number of pyridine rings is 1. The van der Waals surface area contributed by atoms with E-state index >= 15 is 0 Å². The van der Waals surface area contributed by atoms with Crippen LogP contribution >= 0.6 is 0 Å². The van der Waals surface area contributed by atoms with E-state index in [-0.39, 0.29) is 12.2 Å². The van der Waals surface area contributed by atoms with Gasteiger partial charge in [0.05, 0.1) is 19.9 Å². The highest BCUT2D eigenvalue weighted by Gasteiger charge is 2.27. The summed E-state index contributed by atoms with van der Waals surface area (Å²) in [6.45, 7) is 1.28. The van der Waals surface area contributed by atoms with Gasteiger partial charge in [-0.3, -0.25) is 4.98 Å². The number of benzene rings is 1. The third kappa shape index (κ3) is 4.34. The molecule has 0 bridgehead atoms. The molecular formula is C27H30N2O4. The minimum atomic E-state index is -0.171. The third-order valence-electron chi connectivity index (χ3n) is 6.86. The van der Waals surface area contributed by atoms with Crippen LogP contribution < -0.4 is 9.47 Å². The first-order valence-corrected chi connectivity index (χ1v) is 11.7. The minimum Gasteiger partial charge on any atom is -0.493 e. The van der Waals surface area contributed by atoms with Crippen molar-refractivity contribution in [1.82, 2.24) is 9.88 Å². The van der Waals surface area contributed by atoms with Crippen molar-refractivity contribution in [3.05, 3.63) is 59.4 Å². The summed E-state index contributed by atoms with van der Waals surface area (Å²) in [6.07, 6.45) is 12.3. The first-order chi connectivity index (χ1) is 16.2. The van der Waals surface area contributed by atoms with Crippen LogP contribution in [-0.2, 0) is 11.2 Å². The monoisotopic (exact) mass is 446 g/mol. The van der Waals surface area contributed by atoms with Crippen molar-refractivity contribution in [1.29, 1.82) is 0 Å². The Hall–Kier alpha value is -3.28. The second kappa shape index (κ2) is 9.30. The molecule has 0 saturated heterocycles. The van der Waals surface area contributed by atoms with Gasteiger partial charge in [0.15, 0.2) is 11.5 Å². The van der Waals surface area contributed by atoms with Crippen molar-refractivity contribution in [2.75, 3.05) is 27.3 Å². The predicted molar refractivity (Wildman–Crippen MR) is 127 cm³/mol. The van der Waals surface area contributed by atoms with Crippen molar-refractivity contribution < 1.29 is 19.0 Å². The van der Waals surface area contributed by atoms with E-state index in [2.05, 4.69) is 18.2 Å². The van der Waals surface area contributed by atoms with Crippen LogP contribution in [0.4, 0.5) is 4.79 Å². The molecule has 1 amide bonds. The number of amides is 1. The lowest BCUT2D eigenvalue weighted by Gasteiger charge is -2.27. The van der Waals surface area contributed by atoms with Crippen LogP contribution in [0.25, 0.3) is 16.7 Å². The van der Waals surface area contributed by atoms with Gasteiger partial charge in [-0.1, -0.05) is 18.2 Å². The van der Waals surface area contributed by atoms with Gasteiger partial charge in [-0.05, 0) is 67.0 Å². The fraction of sp³-hybridized carbons (Fsp3) is 0.407. The molecule has 0 N–H and O–H groups in total. The van der Waals surface area contributed by atoms with Gasteiger partial charge in [0.2, 0.25) is 0 Å². The quantitative estimate of drug-likeness (QED) is 0.614. The van der Waals surface area contributed by atoms with E-state index < -0.39 is 0 Å². The molecule has 1 saturated carbocycles. The van der Waals surface area contributed by atoms with Crippen molar-refractivity contribution in [3.63, 3.8) is 0 Å². The topological polar surface area (TPSA) is 60.9 Å². The first kappa shape index (κ1) is 21.6. The van der Waals surface area contributed by atoms with E-state index in [1.165, 1.54) is 16.7 Å². The lowest BCUT2D eigenvalue weighted by atomic mass is 9.94. The smallest absolute Gasteiger partial charge is 0.410 e. The van der Waals surface area contributed by atoms with Crippen LogP contribution in [0.3, 0.4) is 0 Å². The molecule has 1 aromatic heterocycles. The van der Waals surface area contributed by atoms with Gasteiger partial charge in [-0.2, -0.15) is 0 Å². The second-order valence-corrected chi connectivity index (χ2v) is 8.83. The Bertz CT molecular complexity index is 1120. The van der Waals surface area contributed by atoms with Crippen molar-refractivity contribution in [2.45, 2.75) is 44.6 Å². The van der Waals surface area contributed by atoms with Gasteiger partial charge in [0.1, 0.15) is 6.10 Å². The van der Waals surface area contributed by atoms with E-state index in [4.69, 9.17) is 19.2 Å². The fourth-order valence-corrected chi connectivity index (χ4v) is 4.98. The molecule has 2 heterocycles. The molecule has 0 spiro atoms. The normalized spacial score (nSPS) is 17.9. The van der Waals surface area contributed by atoms with E-state index in [9.17, 15) is 4.79 Å². The fourth-order valence-electron chi connectivity index (χ4n) is 4.98. The Morgan fingerprint density at radius 1 is 1.03 bits per heavy atom. The summed E-state index contributed by atoms with van der Waals surface area (Å²) in [6, 6.07) is 8.14. The minimum absolute atomic E-state index is 0.105. The summed E-state index contributed by atoms with van der Waals surface area (Å²) in [7, 11) is 3.28. The molecule has 0 unspecified atom stereocenters. The molecule has 33 heavy (non-hydrogen) atoms. The summed E-state index contributed by atoms with van der Waals surface area (Å²) in [5.74, 6) is 1.41. The molecule has 6 heteroatoms. The second-order valence-electron chi connectivity index (χ2n) is 8.83. The number of allylic oxidation sites excluding steroid dienone is 2. The first-order valence-electron chi connectivity index (χ1n) is 11.7. The predicted octanol–water partition coefficient (Wildman–Crippen LogP) is 5.42. The Kier molecular flexibility index (Phi) is 6.07. The number of hydrogen-bond donors (Lipinski definition) is 0. The van der Waals surface area contributed by atoms with Crippen LogP contribution in [0.5, 0.6) is 11.5 Å². The van der Waals surface area contributed by atoms with Crippen molar-refractivity contribution in [2.24, 2.45) is 0 Å². The molecule has 1 aliphatic heterocycles. The van der Waals surface area contributed by atoms with Gasteiger partial charge in [0, 0.05) is 36.8 Å². The molecule has 0 atom stereocenters. The zero-order valence-corrected chi connectivity index (χ0v) is 19.3. The number of methoxy groups -OCH3 is 2. The average Bonchev–Trinajstić information content (AvgIpc) is 3.53. The van der Waals surface area contributed by atoms with Gasteiger partial charge in [0.25, 0.3) is 0 Å². The van der Waals surface area contributed by atoms with Gasteiger partial charge < -0.3 is 19.1 Å². The maximum absolute atomic E-state index is 12.5. The van der Waals surface area contributed by atoms with E-state index in [1.54, 1.807) is 14.2 Å². The summed E-state index contributed by atoms with van der Waals surface area (Å²) in [4.78, 5) is 19.1. The number of fused-ring (bicyclic) bond motifs is 1. The summed E-state index contributed by atoms with van der Waals surface area (Å²) in [5, 5.41) is 0. The number of nitrogens with zero attached hydrogens (tertiary/aromatic N) is 2. The third-order valence-corrected chi connectivity index (χ3v) is 6.86. The summed E-state index contributed by atoms with van der Waals surface area (Å²) < 4.78 is 16.5. The van der Waals surface area contributed by atoms with Crippen LogP contribution in [0.2, 0.25) is 0 Å². The van der Waals surface area contributed by atoms with Crippen molar-refractivity contribution >= 4 is 11.7 Å². The highest BCUT2D eigenvalue weighted by molar-refractivity contribution is 5.86. The van der Waals surface area contributed by atoms with Crippen LogP contribution in [-0.4, -0.2) is 49.4 Å². The number of carbonyl (C=O) groups excluding carboxylic acids is 1. The van der Waals surface area contributed by atoms with Crippen LogP contribution in [0, 0.1) is 0 Å². The number of rotatable bonds is 5. The maximum Gasteiger partial charge on any atom is 0.410 e. The molecule has 1 fully saturated rings. The molecule has 5 rings (SSSR count). The lowest BCUT2D eigenvalue weighted by Crippen LogP contribution is -2.37. The average molecular weight is 447 g/mol. The van der Waals surface area contributed by atoms with E-state index in [0.717, 1.165) is 55.3 Å². The number of ether oxygens (including phenoxy) is 3. The number of carbonyl (C=O) groups is 1. The number of aromatic nitrogens is 1. The Labute approximate surface area is 194 Å². The summed E-state index contributed by atoms with van der Waals surface area (Å²) >= 11 is 0. The highest BCUT2D eigenvalue weighted by atomic mass is 16.6. The Morgan fingerprint density at radius 2 is 1.85 bits per heavy atom. The molecule has 3 aliphatic rings. The Balaban J connectivity index is 1.33. The maximum atomic E-state index is 12.5. The zero-order valence-electron chi connectivity index (χ0n) is 19.3. The van der Waals surface area contributed by atoms with Crippen LogP contribution in [0.15, 0.2) is 48.2 Å². The SMILES string of the molecule is COc1ccc(-c2cnc3c(c2)C(C2=CCN(C(=O)OC4CCCC4)CC2)=CC3)cc1OC. The molecule has 6 nitrogen and oxygen atoms in total. The standard InChI is InChI=1S/C27H30N2O4/c1-31-25-10-7-19(16-26(25)32-2)20-15-23-22(8-9-24(23)28-17-20)18-11-13-29(14-12-18)27(30)33-21-5-3-4-6-21/h7-8,10-11,15-17,21H,3-6,9,12-14H2,1-2H3. The number of hydrogen-bond acceptors (Lipinski definition) is 5. The molecule has 172 valence electrons. The van der Waals surface area contributed by atoms with Gasteiger partial charge in [-0.25, -0.2) is 4.79 Å². The lowest BCUT2D eigenvalue weighted by molar-refractivity contribution is 0.0676. The van der Waals surface area contributed by atoms with Crippen LogP contribution in [0.1, 0.15) is 43.4 Å². The molecule has 2 aromatic rings. The van der Waals surface area contributed by atoms with E-state index in [1.807, 2.05) is 29.3 Å². The van der Waals surface area contributed by atoms with E-state index in [0.29, 0.717) is 24.6 Å². The molecule has 1 aromatic carbocycles. The highest BCUT2D eigenvalue weighted by Crippen LogP contribution is 2.38. The van der Waals surface area contributed by atoms with Gasteiger partial charge in [-0.15, -0.1) is 0 Å². The summed E-state index contributed by atoms with van der Waals surface area (Å²) in [5.41, 5.74) is 6.87. The largest absolute Gasteiger partial charge is 0.493 e. The zero-order chi connectivity index (χ0) is 22.8. The molecular weight excluding hydrogens is 416 g/mol. The molecule has 2 aliphatic carbocycles.